The first-order valence-corrected chi connectivity index (χ1v) is 18.8. The summed E-state index contributed by atoms with van der Waals surface area (Å²) in [5.41, 5.74) is -1.15. The van der Waals surface area contributed by atoms with E-state index in [9.17, 15) is 30.0 Å². The van der Waals surface area contributed by atoms with Crippen LogP contribution in [0.3, 0.4) is 0 Å². The Morgan fingerprint density at radius 2 is 1.43 bits per heavy atom. The van der Waals surface area contributed by atoms with Gasteiger partial charge in [0.25, 0.3) is 0 Å². The molecule has 0 aromatic carbocycles. The molecule has 5 rings (SSSR count). The maximum Gasteiger partial charge on any atom is 0.333 e. The van der Waals surface area contributed by atoms with Gasteiger partial charge in [-0.2, -0.15) is 0 Å². The Bertz CT molecular complexity index is 1420. The van der Waals surface area contributed by atoms with Gasteiger partial charge in [-0.1, -0.05) is 65.3 Å². The van der Waals surface area contributed by atoms with E-state index in [0.29, 0.717) is 36.8 Å². The summed E-state index contributed by atoms with van der Waals surface area (Å²) in [6, 6.07) is 0. The first-order valence-electron chi connectivity index (χ1n) is 18.8. The van der Waals surface area contributed by atoms with Crippen molar-refractivity contribution in [3.8, 4) is 0 Å². The number of aliphatic hydroxyl groups is 4. The van der Waals surface area contributed by atoms with Crippen molar-refractivity contribution in [3.63, 3.8) is 0 Å². The van der Waals surface area contributed by atoms with Gasteiger partial charge in [-0.25, -0.2) is 9.59 Å². The van der Waals surface area contributed by atoms with Gasteiger partial charge in [0.15, 0.2) is 6.10 Å². The lowest BCUT2D eigenvalue weighted by Gasteiger charge is -2.72. The molecule has 8 heteroatoms. The Balaban J connectivity index is 1.67. The van der Waals surface area contributed by atoms with Crippen LogP contribution in [-0.2, 0) is 19.1 Å². The van der Waals surface area contributed by atoms with Crippen molar-refractivity contribution in [1.29, 1.82) is 0 Å². The quantitative estimate of drug-likeness (QED) is 0.137. The fourth-order valence-corrected chi connectivity index (χ4v) is 12.1. The average molecular weight is 685 g/mol. The summed E-state index contributed by atoms with van der Waals surface area (Å²) in [4.78, 5) is 27.0. The van der Waals surface area contributed by atoms with Crippen LogP contribution >= 0.6 is 0 Å². The second kappa shape index (κ2) is 12.9. The van der Waals surface area contributed by atoms with Crippen LogP contribution in [0.4, 0.5) is 0 Å². The van der Waals surface area contributed by atoms with Crippen molar-refractivity contribution in [1.82, 2.24) is 0 Å². The van der Waals surface area contributed by atoms with Crippen molar-refractivity contribution >= 4 is 11.9 Å². The van der Waals surface area contributed by atoms with E-state index in [1.165, 1.54) is 5.57 Å². The smallest absolute Gasteiger partial charge is 0.333 e. The molecule has 276 valence electrons. The number of esters is 2. The molecule has 4 N–H and O–H groups in total. The fraction of sp³-hybridized carbons (Fsp3) is 0.805. The van der Waals surface area contributed by atoms with Crippen LogP contribution in [0.15, 0.2) is 34.9 Å². The lowest BCUT2D eigenvalue weighted by atomic mass is 9.33. The Hall–Kier alpha value is -2.00. The third kappa shape index (κ3) is 5.19. The number of rotatable bonds is 7. The molecule has 0 radical (unpaired) electrons. The largest absolute Gasteiger partial charge is 0.454 e. The normalized spacial score (nSPS) is 48.3. The monoisotopic (exact) mass is 684 g/mol. The number of carbonyl (C=O) groups is 2. The van der Waals surface area contributed by atoms with Crippen LogP contribution in [0.2, 0.25) is 0 Å². The number of allylic oxidation sites excluding steroid dienone is 4. The minimum atomic E-state index is -1.28. The zero-order valence-electron chi connectivity index (χ0n) is 31.8. The topological polar surface area (TPSA) is 134 Å². The van der Waals surface area contributed by atoms with Gasteiger partial charge >= 0.3 is 11.9 Å². The second-order valence-corrected chi connectivity index (χ2v) is 17.9. The zero-order valence-corrected chi connectivity index (χ0v) is 31.8. The molecule has 3 unspecified atom stereocenters. The minimum Gasteiger partial charge on any atom is -0.454 e. The number of fused-ring (bicyclic) bond motifs is 7. The fourth-order valence-electron chi connectivity index (χ4n) is 12.1. The number of hydrogen-bond acceptors (Lipinski definition) is 8. The van der Waals surface area contributed by atoms with Gasteiger partial charge in [-0.05, 0) is 113 Å². The van der Waals surface area contributed by atoms with Crippen LogP contribution in [0.25, 0.3) is 0 Å². The van der Waals surface area contributed by atoms with Gasteiger partial charge < -0.3 is 29.9 Å². The number of ether oxygens (including phenoxy) is 2. The van der Waals surface area contributed by atoms with Crippen LogP contribution in [-0.4, -0.2) is 70.0 Å². The second-order valence-electron chi connectivity index (χ2n) is 17.9. The molecular formula is C41H64O8. The number of aliphatic hydroxyl groups excluding tert-OH is 4. The van der Waals surface area contributed by atoms with E-state index in [4.69, 9.17) is 9.47 Å². The van der Waals surface area contributed by atoms with Gasteiger partial charge in [0, 0.05) is 22.0 Å². The summed E-state index contributed by atoms with van der Waals surface area (Å²) in [6.45, 7) is 19.7. The molecule has 5 aliphatic carbocycles. The standard InChI is InChI=1S/C41H64O8/c1-11-24(4)34(46)48-32-33(49-35(47)25(5)12-2)41(23-43)27(20-36(32,6)13-3)26-14-15-29-37(7)18-17-30(44)38(8,22-42)28(37)16-19-39(29,9)40(26,10)21-31(41)45/h11-12,14,27-33,42-45H,13,15-23H2,1-10H3/b24-11-,25-12-/t27?,28?,29?,30-,31+,32-,33-,36+,37-,38+,39+,40+,41-/m0/s1. The molecule has 0 aromatic heterocycles. The Morgan fingerprint density at radius 3 is 1.96 bits per heavy atom. The summed E-state index contributed by atoms with van der Waals surface area (Å²) in [5.74, 6) is -0.933. The average Bonchev–Trinajstić information content (AvgIpc) is 3.07. The van der Waals surface area contributed by atoms with Crippen LogP contribution in [0.1, 0.15) is 121 Å². The van der Waals surface area contributed by atoms with Gasteiger partial charge in [-0.15, -0.1) is 0 Å². The van der Waals surface area contributed by atoms with Crippen LogP contribution in [0.5, 0.6) is 0 Å². The maximum atomic E-state index is 13.6. The van der Waals surface area contributed by atoms with Gasteiger partial charge in [0.05, 0.1) is 30.8 Å². The highest BCUT2D eigenvalue weighted by atomic mass is 16.6. The SMILES string of the molecule is C/C=C(/C)C(=O)O[C@H]1[C@H](OC(=O)/C(C)=C\C)[C@@]2(CO)C(C[C@@]1(C)CC)C1=CCC3[C@@]4(C)CC[C@H](O)[C@](C)(CO)C4CC[C@@]3(C)[C@]1(C)C[C@H]2O. The first-order chi connectivity index (χ1) is 22.8. The molecule has 0 spiro atoms. The predicted octanol–water partition coefficient (Wildman–Crippen LogP) is 6.45. The maximum absolute atomic E-state index is 13.6. The molecule has 49 heavy (non-hydrogen) atoms. The van der Waals surface area contributed by atoms with E-state index < -0.39 is 64.6 Å². The third-order valence-electron chi connectivity index (χ3n) is 16.1. The van der Waals surface area contributed by atoms with Crippen molar-refractivity contribution < 1.29 is 39.5 Å². The van der Waals surface area contributed by atoms with Crippen LogP contribution < -0.4 is 0 Å². The molecule has 0 amide bonds. The molecule has 4 fully saturated rings. The lowest BCUT2D eigenvalue weighted by Crippen LogP contribution is -2.73. The van der Waals surface area contributed by atoms with Crippen molar-refractivity contribution in [2.45, 2.75) is 145 Å². The molecule has 5 aliphatic rings. The molecule has 0 saturated heterocycles. The van der Waals surface area contributed by atoms with Crippen molar-refractivity contribution in [2.75, 3.05) is 13.2 Å². The first kappa shape index (κ1) is 38.2. The Morgan fingerprint density at radius 1 is 0.837 bits per heavy atom. The van der Waals surface area contributed by atoms with E-state index in [1.54, 1.807) is 39.8 Å². The number of hydrogen-bond donors (Lipinski definition) is 4. The molecule has 0 aromatic rings. The van der Waals surface area contributed by atoms with E-state index >= 15 is 0 Å². The van der Waals surface area contributed by atoms with Crippen molar-refractivity contribution in [2.24, 2.45) is 50.2 Å². The highest BCUT2D eigenvalue weighted by molar-refractivity contribution is 5.88. The molecule has 0 heterocycles. The molecule has 13 atom stereocenters. The van der Waals surface area contributed by atoms with Gasteiger partial charge in [-0.3, -0.25) is 0 Å². The molecule has 8 nitrogen and oxygen atoms in total. The third-order valence-corrected chi connectivity index (χ3v) is 16.1. The molecular weight excluding hydrogens is 620 g/mol. The highest BCUT2D eigenvalue weighted by Gasteiger charge is 2.74. The predicted molar refractivity (Wildman–Crippen MR) is 189 cm³/mol. The molecule has 0 bridgehead atoms. The van der Waals surface area contributed by atoms with Crippen LogP contribution in [0, 0.1) is 50.2 Å². The summed E-state index contributed by atoms with van der Waals surface area (Å²) in [7, 11) is 0. The summed E-state index contributed by atoms with van der Waals surface area (Å²) in [5, 5.41) is 45.9. The number of carbonyl (C=O) groups excluding carboxylic acids is 2. The zero-order chi connectivity index (χ0) is 36.5. The Kier molecular flexibility index (Phi) is 10.1. The van der Waals surface area contributed by atoms with E-state index in [-0.39, 0.29) is 35.2 Å². The van der Waals surface area contributed by atoms with Gasteiger partial charge in [0.2, 0.25) is 0 Å². The Labute approximate surface area is 294 Å². The highest BCUT2D eigenvalue weighted by Crippen LogP contribution is 2.76. The summed E-state index contributed by atoms with van der Waals surface area (Å²) < 4.78 is 12.7. The molecule has 4 saturated carbocycles. The van der Waals surface area contributed by atoms with E-state index in [2.05, 4.69) is 47.6 Å². The lowest BCUT2D eigenvalue weighted by molar-refractivity contribution is -0.268. The van der Waals surface area contributed by atoms with E-state index in [1.807, 2.05) is 0 Å². The summed E-state index contributed by atoms with van der Waals surface area (Å²) >= 11 is 0. The molecule has 0 aliphatic heterocycles. The minimum absolute atomic E-state index is 0.0439. The van der Waals surface area contributed by atoms with Gasteiger partial charge in [0.1, 0.15) is 6.10 Å². The van der Waals surface area contributed by atoms with Crippen molar-refractivity contribution in [3.05, 3.63) is 34.9 Å². The van der Waals surface area contributed by atoms with E-state index in [0.717, 1.165) is 25.7 Å². The summed E-state index contributed by atoms with van der Waals surface area (Å²) in [6.07, 6.45) is 7.91.